The quantitative estimate of drug-likeness (QED) is 0.547. The topological polar surface area (TPSA) is 84.5 Å². The molecule has 0 aliphatic rings. The van der Waals surface area contributed by atoms with Crippen LogP contribution in [0.5, 0.6) is 0 Å². The van der Waals surface area contributed by atoms with Crippen LogP contribution in [0.4, 0.5) is 0 Å². The van der Waals surface area contributed by atoms with Gasteiger partial charge in [0.2, 0.25) is 10.0 Å². The molecular formula is C13H20N2O4S. The predicted octanol–water partition coefficient (Wildman–Crippen LogP) is 0.751. The molecule has 0 atom stereocenters. The lowest BCUT2D eigenvalue weighted by atomic mass is 10.2. The van der Waals surface area contributed by atoms with Gasteiger partial charge >= 0.3 is 5.97 Å². The van der Waals surface area contributed by atoms with E-state index in [1.807, 2.05) is 6.92 Å². The summed E-state index contributed by atoms with van der Waals surface area (Å²) in [6.07, 6.45) is 0.698. The zero-order valence-electron chi connectivity index (χ0n) is 11.7. The molecule has 7 heteroatoms. The Kier molecular flexibility index (Phi) is 6.63. The first-order valence-electron chi connectivity index (χ1n) is 6.40. The molecule has 0 aliphatic heterocycles. The van der Waals surface area contributed by atoms with Crippen LogP contribution in [0.15, 0.2) is 29.2 Å². The van der Waals surface area contributed by atoms with E-state index in [0.29, 0.717) is 13.0 Å². The molecule has 0 amide bonds. The second-order valence-electron chi connectivity index (χ2n) is 4.12. The first kappa shape index (κ1) is 16.6. The average molecular weight is 300 g/mol. The van der Waals surface area contributed by atoms with Gasteiger partial charge in [-0.05, 0) is 37.7 Å². The highest BCUT2D eigenvalue weighted by molar-refractivity contribution is 7.89. The molecule has 0 radical (unpaired) electrons. The fraction of sp³-hybridized carbons (Fsp3) is 0.462. The molecule has 6 nitrogen and oxygen atoms in total. The van der Waals surface area contributed by atoms with Crippen molar-refractivity contribution in [1.29, 1.82) is 0 Å². The Morgan fingerprint density at radius 1 is 1.30 bits per heavy atom. The van der Waals surface area contributed by atoms with E-state index in [2.05, 4.69) is 14.8 Å². The number of benzene rings is 1. The summed E-state index contributed by atoms with van der Waals surface area (Å²) in [5.74, 6) is -0.561. The summed E-state index contributed by atoms with van der Waals surface area (Å²) >= 11 is 0. The van der Waals surface area contributed by atoms with Gasteiger partial charge in [-0.2, -0.15) is 0 Å². The molecule has 0 saturated heterocycles. The Balaban J connectivity index is 2.70. The minimum Gasteiger partial charge on any atom is -0.465 e. The summed E-state index contributed by atoms with van der Waals surface area (Å²) in [5, 5.41) is 3.11. The predicted molar refractivity (Wildman–Crippen MR) is 76.1 cm³/mol. The van der Waals surface area contributed by atoms with Crippen LogP contribution in [0.2, 0.25) is 0 Å². The second kappa shape index (κ2) is 7.98. The Hall–Kier alpha value is -1.44. The monoisotopic (exact) mass is 300 g/mol. The Morgan fingerprint density at radius 2 is 2.05 bits per heavy atom. The smallest absolute Gasteiger partial charge is 0.337 e. The molecule has 0 aliphatic carbocycles. The molecule has 0 spiro atoms. The first-order valence-corrected chi connectivity index (χ1v) is 7.88. The van der Waals surface area contributed by atoms with Gasteiger partial charge in [0, 0.05) is 6.54 Å². The number of hydrogen-bond acceptors (Lipinski definition) is 5. The van der Waals surface area contributed by atoms with Gasteiger partial charge in [-0.15, -0.1) is 0 Å². The molecule has 0 bridgehead atoms. The lowest BCUT2D eigenvalue weighted by molar-refractivity contribution is 0.0600. The van der Waals surface area contributed by atoms with E-state index in [1.165, 1.54) is 31.4 Å². The van der Waals surface area contributed by atoms with Gasteiger partial charge in [0.05, 0.1) is 17.6 Å². The number of hydrogen-bond donors (Lipinski definition) is 2. The third-order valence-corrected chi connectivity index (χ3v) is 4.10. The van der Waals surface area contributed by atoms with E-state index < -0.39 is 16.0 Å². The van der Waals surface area contributed by atoms with Crippen molar-refractivity contribution in [2.75, 3.05) is 26.7 Å². The molecule has 0 fully saturated rings. The van der Waals surface area contributed by atoms with Crippen molar-refractivity contribution in [2.24, 2.45) is 0 Å². The summed E-state index contributed by atoms with van der Waals surface area (Å²) in [6.45, 7) is 3.94. The Labute approximate surface area is 119 Å². The van der Waals surface area contributed by atoms with Crippen molar-refractivity contribution >= 4 is 16.0 Å². The van der Waals surface area contributed by atoms with E-state index in [9.17, 15) is 13.2 Å². The van der Waals surface area contributed by atoms with Crippen molar-refractivity contribution in [1.82, 2.24) is 10.0 Å². The highest BCUT2D eigenvalue weighted by atomic mass is 32.2. The normalized spacial score (nSPS) is 11.3. The molecule has 0 saturated carbocycles. The Bertz CT molecular complexity index is 543. The summed E-state index contributed by atoms with van der Waals surface area (Å²) in [7, 11) is -2.34. The van der Waals surface area contributed by atoms with Gasteiger partial charge in [0.25, 0.3) is 0 Å². The molecular weight excluding hydrogens is 280 g/mol. The first-order chi connectivity index (χ1) is 9.51. The maximum Gasteiger partial charge on any atom is 0.337 e. The van der Waals surface area contributed by atoms with Crippen molar-refractivity contribution in [2.45, 2.75) is 18.2 Å². The van der Waals surface area contributed by atoms with Crippen LogP contribution in [0, 0.1) is 0 Å². The highest BCUT2D eigenvalue weighted by Crippen LogP contribution is 2.12. The molecule has 0 heterocycles. The molecule has 0 unspecified atom stereocenters. The van der Waals surface area contributed by atoms with Crippen LogP contribution in [-0.2, 0) is 14.8 Å². The maximum atomic E-state index is 12.0. The summed E-state index contributed by atoms with van der Waals surface area (Å²) < 4.78 is 31.2. The number of nitrogens with one attached hydrogen (secondary N) is 2. The van der Waals surface area contributed by atoms with Crippen molar-refractivity contribution in [3.8, 4) is 0 Å². The van der Waals surface area contributed by atoms with Crippen LogP contribution in [0.1, 0.15) is 23.7 Å². The summed E-state index contributed by atoms with van der Waals surface area (Å²) in [5.41, 5.74) is 0.211. The number of esters is 1. The number of sulfonamides is 1. The second-order valence-corrected chi connectivity index (χ2v) is 5.89. The van der Waals surface area contributed by atoms with Crippen LogP contribution >= 0.6 is 0 Å². The van der Waals surface area contributed by atoms with E-state index in [0.717, 1.165) is 13.1 Å². The van der Waals surface area contributed by atoms with Crippen LogP contribution < -0.4 is 10.0 Å². The molecule has 1 rings (SSSR count). The van der Waals surface area contributed by atoms with Gasteiger partial charge in [-0.3, -0.25) is 0 Å². The standard InChI is InChI=1S/C13H20N2O4S/c1-3-14-8-5-9-15-20(17,18)12-7-4-6-11(10-12)13(16)19-2/h4,6-7,10,14-15H,3,5,8-9H2,1-2H3. The highest BCUT2D eigenvalue weighted by Gasteiger charge is 2.15. The van der Waals surface area contributed by atoms with Gasteiger partial charge in [0.15, 0.2) is 0 Å². The minimum absolute atomic E-state index is 0.0591. The van der Waals surface area contributed by atoms with E-state index in [4.69, 9.17) is 0 Å². The summed E-state index contributed by atoms with van der Waals surface area (Å²) in [6, 6.07) is 5.77. The van der Waals surface area contributed by atoms with Gasteiger partial charge in [0.1, 0.15) is 0 Å². The van der Waals surface area contributed by atoms with E-state index in [-0.39, 0.29) is 10.5 Å². The van der Waals surface area contributed by atoms with Crippen LogP contribution in [0.3, 0.4) is 0 Å². The van der Waals surface area contributed by atoms with E-state index in [1.54, 1.807) is 0 Å². The largest absolute Gasteiger partial charge is 0.465 e. The van der Waals surface area contributed by atoms with Crippen molar-refractivity contribution in [3.05, 3.63) is 29.8 Å². The molecule has 0 aromatic heterocycles. The molecule has 1 aromatic rings. The average Bonchev–Trinajstić information content (AvgIpc) is 2.46. The van der Waals surface area contributed by atoms with Gasteiger partial charge < -0.3 is 10.1 Å². The van der Waals surface area contributed by atoms with Crippen LogP contribution in [0.25, 0.3) is 0 Å². The third kappa shape index (κ3) is 4.92. The molecule has 2 N–H and O–H groups in total. The lowest BCUT2D eigenvalue weighted by Crippen LogP contribution is -2.27. The van der Waals surface area contributed by atoms with Gasteiger partial charge in [-0.25, -0.2) is 17.9 Å². The Morgan fingerprint density at radius 3 is 2.70 bits per heavy atom. The molecule has 112 valence electrons. The zero-order valence-corrected chi connectivity index (χ0v) is 12.5. The molecule has 20 heavy (non-hydrogen) atoms. The minimum atomic E-state index is -3.60. The number of ether oxygens (including phenoxy) is 1. The van der Waals surface area contributed by atoms with Gasteiger partial charge in [-0.1, -0.05) is 13.0 Å². The maximum absolute atomic E-state index is 12.0. The number of carbonyl (C=O) groups is 1. The van der Waals surface area contributed by atoms with Crippen molar-refractivity contribution < 1.29 is 17.9 Å². The number of carbonyl (C=O) groups excluding carboxylic acids is 1. The number of methoxy groups -OCH3 is 1. The van der Waals surface area contributed by atoms with E-state index >= 15 is 0 Å². The fourth-order valence-electron chi connectivity index (χ4n) is 1.59. The SMILES string of the molecule is CCNCCCNS(=O)(=O)c1cccc(C(=O)OC)c1. The lowest BCUT2D eigenvalue weighted by Gasteiger charge is -2.08. The third-order valence-electron chi connectivity index (χ3n) is 2.64. The fourth-order valence-corrected chi connectivity index (χ4v) is 2.71. The van der Waals surface area contributed by atoms with Crippen molar-refractivity contribution in [3.63, 3.8) is 0 Å². The summed E-state index contributed by atoms with van der Waals surface area (Å²) in [4.78, 5) is 11.4. The zero-order chi connectivity index (χ0) is 15.0. The number of rotatable bonds is 8. The van der Waals surface area contributed by atoms with Crippen LogP contribution in [-0.4, -0.2) is 41.1 Å². The molecule has 1 aromatic carbocycles.